The molecular formula is C21H26F3NO3. The zero-order valence-corrected chi connectivity index (χ0v) is 16.2. The lowest BCUT2D eigenvalue weighted by atomic mass is 9.69. The molecule has 1 atom stereocenters. The molecule has 1 amide bonds. The number of carbonyl (C=O) groups excluding carboxylic acids is 1. The van der Waals surface area contributed by atoms with Gasteiger partial charge in [-0.25, -0.2) is 0 Å². The van der Waals surface area contributed by atoms with E-state index >= 15 is 0 Å². The molecule has 0 bridgehead atoms. The van der Waals surface area contributed by atoms with Crippen LogP contribution < -0.4 is 4.74 Å². The topological polar surface area (TPSA) is 49.8 Å². The summed E-state index contributed by atoms with van der Waals surface area (Å²) in [4.78, 5) is 14.4. The highest BCUT2D eigenvalue weighted by atomic mass is 19.4. The van der Waals surface area contributed by atoms with Crippen molar-refractivity contribution in [1.82, 2.24) is 4.90 Å². The van der Waals surface area contributed by atoms with Crippen molar-refractivity contribution < 1.29 is 27.8 Å². The van der Waals surface area contributed by atoms with Gasteiger partial charge in [-0.3, -0.25) is 4.79 Å². The summed E-state index contributed by atoms with van der Waals surface area (Å²) >= 11 is 0. The Labute approximate surface area is 162 Å². The van der Waals surface area contributed by atoms with Gasteiger partial charge < -0.3 is 14.7 Å². The summed E-state index contributed by atoms with van der Waals surface area (Å²) in [6.07, 6.45) is -0.618. The van der Waals surface area contributed by atoms with Crippen LogP contribution in [0.3, 0.4) is 0 Å². The number of aliphatic hydroxyl groups is 1. The molecule has 4 nitrogen and oxygen atoms in total. The van der Waals surface area contributed by atoms with E-state index in [1.165, 1.54) is 6.07 Å². The standard InChI is InChI=1S/C21H26F3NO3/c1-13-7-14(3-4-17(13)28-21(22,23)24)15-5-6-20(10-15)11-25(12-20)18(26)16-8-19(2,27)9-16/h3-4,7,15-16,27H,5-6,8-12H2,1-2H3/t15-,16?,19?/m1/s1. The Morgan fingerprint density at radius 2 is 1.93 bits per heavy atom. The number of amides is 1. The minimum absolute atomic E-state index is 0.0478. The Balaban J connectivity index is 1.34. The minimum Gasteiger partial charge on any atom is -0.406 e. The number of rotatable bonds is 3. The van der Waals surface area contributed by atoms with Crippen LogP contribution in [-0.2, 0) is 4.79 Å². The summed E-state index contributed by atoms with van der Waals surface area (Å²) in [5, 5.41) is 9.83. The van der Waals surface area contributed by atoms with Crippen molar-refractivity contribution in [2.45, 2.75) is 63.8 Å². The molecule has 1 aromatic rings. The van der Waals surface area contributed by atoms with Crippen LogP contribution in [0.1, 0.15) is 56.1 Å². The summed E-state index contributed by atoms with van der Waals surface area (Å²) in [5.74, 6) is 0.263. The maximum atomic E-state index is 12.5. The van der Waals surface area contributed by atoms with E-state index < -0.39 is 12.0 Å². The van der Waals surface area contributed by atoms with E-state index in [2.05, 4.69) is 4.74 Å². The SMILES string of the molecule is Cc1cc([C@@H]2CCC3(C2)CN(C(=O)C2CC(C)(O)C2)C3)ccc1OC(F)(F)F. The number of carbonyl (C=O) groups is 1. The molecule has 0 aromatic heterocycles. The molecule has 1 N–H and O–H groups in total. The van der Waals surface area contributed by atoms with Crippen LogP contribution in [0.2, 0.25) is 0 Å². The van der Waals surface area contributed by atoms with Gasteiger partial charge in [-0.05, 0) is 69.1 Å². The van der Waals surface area contributed by atoms with Crippen LogP contribution >= 0.6 is 0 Å². The van der Waals surface area contributed by atoms with Crippen molar-refractivity contribution >= 4 is 5.91 Å². The Hall–Kier alpha value is -1.76. The van der Waals surface area contributed by atoms with Gasteiger partial charge in [0.05, 0.1) is 5.60 Å². The fourth-order valence-corrected chi connectivity index (χ4v) is 5.30. The summed E-state index contributed by atoms with van der Waals surface area (Å²) < 4.78 is 41.4. The molecule has 0 unspecified atom stereocenters. The first-order chi connectivity index (χ1) is 13.0. The lowest BCUT2D eigenvalue weighted by Crippen LogP contribution is -2.61. The molecule has 28 heavy (non-hydrogen) atoms. The third-order valence-corrected chi connectivity index (χ3v) is 6.68. The van der Waals surface area contributed by atoms with Crippen LogP contribution in [-0.4, -0.2) is 41.0 Å². The quantitative estimate of drug-likeness (QED) is 0.834. The molecule has 0 radical (unpaired) electrons. The number of hydrogen-bond donors (Lipinski definition) is 1. The Kier molecular flexibility index (Phi) is 4.45. The predicted molar refractivity (Wildman–Crippen MR) is 96.8 cm³/mol. The van der Waals surface area contributed by atoms with Crippen LogP contribution in [0.25, 0.3) is 0 Å². The molecular weight excluding hydrogens is 371 g/mol. The number of alkyl halides is 3. The molecule has 4 rings (SSSR count). The molecule has 1 heterocycles. The first-order valence-corrected chi connectivity index (χ1v) is 9.83. The number of likely N-dealkylation sites (tertiary alicyclic amines) is 1. The lowest BCUT2D eigenvalue weighted by molar-refractivity contribution is -0.274. The van der Waals surface area contributed by atoms with Gasteiger partial charge in [0, 0.05) is 24.4 Å². The monoisotopic (exact) mass is 397 g/mol. The molecule has 3 fully saturated rings. The van der Waals surface area contributed by atoms with E-state index in [1.54, 1.807) is 26.0 Å². The largest absolute Gasteiger partial charge is 0.573 e. The van der Waals surface area contributed by atoms with Crippen LogP contribution in [0.5, 0.6) is 5.75 Å². The van der Waals surface area contributed by atoms with Gasteiger partial charge in [0.2, 0.25) is 5.91 Å². The third kappa shape index (κ3) is 3.73. The second kappa shape index (κ2) is 6.37. The highest BCUT2D eigenvalue weighted by molar-refractivity contribution is 5.81. The van der Waals surface area contributed by atoms with Crippen molar-refractivity contribution in [2.75, 3.05) is 13.1 Å². The van der Waals surface area contributed by atoms with Crippen molar-refractivity contribution in [3.63, 3.8) is 0 Å². The summed E-state index contributed by atoms with van der Waals surface area (Å²) in [6.45, 7) is 4.92. The van der Waals surface area contributed by atoms with Gasteiger partial charge >= 0.3 is 6.36 Å². The number of benzene rings is 1. The maximum absolute atomic E-state index is 12.5. The fraction of sp³-hybridized carbons (Fsp3) is 0.667. The molecule has 1 aromatic carbocycles. The van der Waals surface area contributed by atoms with E-state index in [1.807, 2.05) is 4.90 Å². The van der Waals surface area contributed by atoms with Gasteiger partial charge in [0.25, 0.3) is 0 Å². The van der Waals surface area contributed by atoms with E-state index in [0.29, 0.717) is 24.3 Å². The van der Waals surface area contributed by atoms with Gasteiger partial charge in [-0.2, -0.15) is 0 Å². The molecule has 1 saturated heterocycles. The lowest BCUT2D eigenvalue weighted by Gasteiger charge is -2.52. The fourth-order valence-electron chi connectivity index (χ4n) is 5.30. The second-order valence-corrected chi connectivity index (χ2v) is 9.31. The van der Waals surface area contributed by atoms with E-state index in [4.69, 9.17) is 0 Å². The smallest absolute Gasteiger partial charge is 0.406 e. The number of hydrogen-bond acceptors (Lipinski definition) is 3. The van der Waals surface area contributed by atoms with Gasteiger partial charge in [-0.1, -0.05) is 12.1 Å². The molecule has 154 valence electrons. The zero-order chi connectivity index (χ0) is 20.3. The van der Waals surface area contributed by atoms with Gasteiger partial charge in [0.15, 0.2) is 0 Å². The summed E-state index contributed by atoms with van der Waals surface area (Å²) in [6, 6.07) is 4.93. The molecule has 2 aliphatic carbocycles. The van der Waals surface area contributed by atoms with Gasteiger partial charge in [0.1, 0.15) is 5.75 Å². The van der Waals surface area contributed by atoms with Gasteiger partial charge in [-0.15, -0.1) is 13.2 Å². The van der Waals surface area contributed by atoms with Crippen LogP contribution in [0, 0.1) is 18.3 Å². The Bertz CT molecular complexity index is 776. The molecule has 2 saturated carbocycles. The predicted octanol–water partition coefficient (Wildman–Crippen LogP) is 4.15. The minimum atomic E-state index is -4.68. The second-order valence-electron chi connectivity index (χ2n) is 9.31. The molecule has 3 aliphatic rings. The number of ether oxygens (including phenoxy) is 1. The highest BCUT2D eigenvalue weighted by Gasteiger charge is 2.53. The van der Waals surface area contributed by atoms with Crippen molar-refractivity contribution in [1.29, 1.82) is 0 Å². The van der Waals surface area contributed by atoms with E-state index in [9.17, 15) is 23.1 Å². The first kappa shape index (κ1) is 19.6. The highest BCUT2D eigenvalue weighted by Crippen LogP contribution is 2.53. The Morgan fingerprint density at radius 3 is 2.50 bits per heavy atom. The molecule has 7 heteroatoms. The van der Waals surface area contributed by atoms with Crippen molar-refractivity contribution in [3.05, 3.63) is 29.3 Å². The zero-order valence-electron chi connectivity index (χ0n) is 16.2. The molecule has 1 spiro atoms. The third-order valence-electron chi connectivity index (χ3n) is 6.68. The average molecular weight is 397 g/mol. The van der Waals surface area contributed by atoms with Crippen LogP contribution in [0.4, 0.5) is 13.2 Å². The molecule has 1 aliphatic heterocycles. The van der Waals surface area contributed by atoms with Crippen molar-refractivity contribution in [3.8, 4) is 5.75 Å². The number of halogens is 3. The normalized spacial score (nSPS) is 31.4. The van der Waals surface area contributed by atoms with Crippen molar-refractivity contribution in [2.24, 2.45) is 11.3 Å². The van der Waals surface area contributed by atoms with E-state index in [0.717, 1.165) is 37.9 Å². The number of aryl methyl sites for hydroxylation is 1. The average Bonchev–Trinajstić information content (AvgIpc) is 2.97. The summed E-state index contributed by atoms with van der Waals surface area (Å²) in [7, 11) is 0. The Morgan fingerprint density at radius 1 is 1.25 bits per heavy atom. The first-order valence-electron chi connectivity index (χ1n) is 9.83. The summed E-state index contributed by atoms with van der Waals surface area (Å²) in [5.41, 5.74) is 0.977. The number of nitrogens with zero attached hydrogens (tertiary/aromatic N) is 1. The van der Waals surface area contributed by atoms with Crippen LogP contribution in [0.15, 0.2) is 18.2 Å². The maximum Gasteiger partial charge on any atom is 0.573 e. The van der Waals surface area contributed by atoms with E-state index in [-0.39, 0.29) is 23.0 Å².